The third-order valence-electron chi connectivity index (χ3n) is 5.65. The summed E-state index contributed by atoms with van der Waals surface area (Å²) in [6.45, 7) is 0.884. The van der Waals surface area contributed by atoms with Crippen molar-refractivity contribution in [2.24, 2.45) is 0 Å². The number of hydrogen-bond donors (Lipinski definition) is 2. The van der Waals surface area contributed by atoms with Gasteiger partial charge in [-0.1, -0.05) is 36.4 Å². The summed E-state index contributed by atoms with van der Waals surface area (Å²) >= 11 is 1.48. The van der Waals surface area contributed by atoms with Crippen molar-refractivity contribution in [3.8, 4) is 0 Å². The second-order valence-corrected chi connectivity index (χ2v) is 8.66. The van der Waals surface area contributed by atoms with Crippen LogP contribution in [-0.4, -0.2) is 47.6 Å². The lowest BCUT2D eigenvalue weighted by atomic mass is 9.93. The van der Waals surface area contributed by atoms with Crippen molar-refractivity contribution in [3.05, 3.63) is 70.6 Å². The Balaban J connectivity index is 1.66. The van der Waals surface area contributed by atoms with Gasteiger partial charge in [0.15, 0.2) is 0 Å². The second kappa shape index (κ2) is 9.41. The molecule has 2 N–H and O–H groups in total. The van der Waals surface area contributed by atoms with E-state index < -0.39 is 0 Å². The van der Waals surface area contributed by atoms with Crippen molar-refractivity contribution in [1.29, 1.82) is 0 Å². The van der Waals surface area contributed by atoms with Crippen LogP contribution in [0.4, 0.5) is 0 Å². The summed E-state index contributed by atoms with van der Waals surface area (Å²) in [7, 11) is 0. The number of piperidine rings is 1. The fraction of sp³-hybridized carbons (Fsp3) is 0.333. The van der Waals surface area contributed by atoms with Crippen LogP contribution < -0.4 is 5.32 Å². The first-order valence-electron chi connectivity index (χ1n) is 10.4. The highest BCUT2D eigenvalue weighted by Crippen LogP contribution is 2.34. The number of nitrogens with one attached hydrogen (secondary N) is 1. The maximum Gasteiger partial charge on any atom is 0.261 e. The number of benzene rings is 2. The molecule has 3 aromatic rings. The molecule has 1 aliphatic rings. The molecule has 2 aromatic carbocycles. The Morgan fingerprint density at radius 1 is 1.07 bits per heavy atom. The fourth-order valence-corrected chi connectivity index (χ4v) is 5.35. The van der Waals surface area contributed by atoms with Crippen molar-refractivity contribution >= 4 is 33.2 Å². The summed E-state index contributed by atoms with van der Waals surface area (Å²) in [4.78, 5) is 28.6. The Morgan fingerprint density at radius 3 is 2.63 bits per heavy atom. The number of aliphatic hydroxyl groups is 1. The number of carbonyl (C=O) groups is 2. The molecule has 0 aliphatic carbocycles. The lowest BCUT2D eigenvalue weighted by molar-refractivity contribution is 0.0614. The van der Waals surface area contributed by atoms with E-state index in [4.69, 9.17) is 5.11 Å². The minimum atomic E-state index is -0.156. The normalized spacial score (nSPS) is 16.6. The highest BCUT2D eigenvalue weighted by atomic mass is 32.1. The summed E-state index contributed by atoms with van der Waals surface area (Å²) in [5.74, 6) is -0.0943. The van der Waals surface area contributed by atoms with Gasteiger partial charge in [-0.3, -0.25) is 9.59 Å². The number of aliphatic hydroxyl groups excluding tert-OH is 1. The molecule has 2 amide bonds. The van der Waals surface area contributed by atoms with Gasteiger partial charge in [0.1, 0.15) is 0 Å². The summed E-state index contributed by atoms with van der Waals surface area (Å²) < 4.78 is 1.07. The predicted octanol–water partition coefficient (Wildman–Crippen LogP) is 3.86. The van der Waals surface area contributed by atoms with Crippen LogP contribution in [0.3, 0.4) is 0 Å². The molecular formula is C24H26N2O3S. The first kappa shape index (κ1) is 20.6. The van der Waals surface area contributed by atoms with Crippen LogP contribution in [0, 0.1) is 0 Å². The van der Waals surface area contributed by atoms with Gasteiger partial charge in [-0.2, -0.15) is 0 Å². The largest absolute Gasteiger partial charge is 0.395 e. The molecule has 0 bridgehead atoms. The number of rotatable bonds is 6. The van der Waals surface area contributed by atoms with Crippen LogP contribution >= 0.6 is 11.3 Å². The highest BCUT2D eigenvalue weighted by Gasteiger charge is 2.30. The fourth-order valence-electron chi connectivity index (χ4n) is 4.20. The van der Waals surface area contributed by atoms with Crippen molar-refractivity contribution in [3.63, 3.8) is 0 Å². The number of hydrogen-bond acceptors (Lipinski definition) is 4. The Morgan fingerprint density at radius 2 is 1.83 bits per heavy atom. The van der Waals surface area contributed by atoms with E-state index >= 15 is 0 Å². The van der Waals surface area contributed by atoms with Gasteiger partial charge < -0.3 is 15.3 Å². The zero-order chi connectivity index (χ0) is 20.9. The maximum atomic E-state index is 13.2. The van der Waals surface area contributed by atoms with Gasteiger partial charge in [-0.25, -0.2) is 0 Å². The van der Waals surface area contributed by atoms with E-state index in [1.165, 1.54) is 11.3 Å². The number of carbonyl (C=O) groups excluding carboxylic acids is 2. The van der Waals surface area contributed by atoms with Gasteiger partial charge in [0.2, 0.25) is 0 Å². The third kappa shape index (κ3) is 4.25. The minimum Gasteiger partial charge on any atom is -0.395 e. The number of thiophene rings is 1. The van der Waals surface area contributed by atoms with Crippen molar-refractivity contribution in [2.75, 3.05) is 19.7 Å². The molecule has 1 aromatic heterocycles. The van der Waals surface area contributed by atoms with Crippen LogP contribution in [0.2, 0.25) is 0 Å². The van der Waals surface area contributed by atoms with Gasteiger partial charge >= 0.3 is 0 Å². The van der Waals surface area contributed by atoms with Gasteiger partial charge in [-0.05, 0) is 54.8 Å². The predicted molar refractivity (Wildman–Crippen MR) is 120 cm³/mol. The summed E-state index contributed by atoms with van der Waals surface area (Å²) in [5.41, 5.74) is 1.71. The summed E-state index contributed by atoms with van der Waals surface area (Å²) in [5, 5.41) is 12.9. The van der Waals surface area contributed by atoms with E-state index in [9.17, 15) is 9.59 Å². The Bertz CT molecular complexity index is 1030. The molecule has 0 saturated carbocycles. The summed E-state index contributed by atoms with van der Waals surface area (Å²) in [6, 6.07) is 17.5. The minimum absolute atomic E-state index is 0.0612. The molecule has 2 heterocycles. The summed E-state index contributed by atoms with van der Waals surface area (Å²) in [6.07, 6.45) is 3.67. The molecule has 1 fully saturated rings. The Hall–Kier alpha value is -2.70. The first-order valence-corrected chi connectivity index (χ1v) is 11.3. The van der Waals surface area contributed by atoms with Crippen LogP contribution in [0.15, 0.2) is 54.6 Å². The first-order chi connectivity index (χ1) is 14.7. The highest BCUT2D eigenvalue weighted by molar-refractivity contribution is 7.21. The third-order valence-corrected chi connectivity index (χ3v) is 6.86. The van der Waals surface area contributed by atoms with Gasteiger partial charge in [-0.15, -0.1) is 11.3 Å². The number of likely N-dealkylation sites (tertiary alicyclic amines) is 1. The molecule has 0 spiro atoms. The van der Waals surface area contributed by atoms with Crippen LogP contribution in [0.25, 0.3) is 10.1 Å². The van der Waals surface area contributed by atoms with E-state index in [-0.39, 0.29) is 31.0 Å². The molecular weight excluding hydrogens is 396 g/mol. The quantitative estimate of drug-likeness (QED) is 0.634. The zero-order valence-corrected chi connectivity index (χ0v) is 17.7. The second-order valence-electron chi connectivity index (χ2n) is 7.60. The molecule has 1 saturated heterocycles. The molecule has 4 rings (SSSR count). The average molecular weight is 423 g/mol. The van der Waals surface area contributed by atoms with E-state index in [1.54, 1.807) is 0 Å². The lowest BCUT2D eigenvalue weighted by Crippen LogP contribution is -2.45. The Kier molecular flexibility index (Phi) is 6.45. The number of amides is 2. The number of nitrogens with zero attached hydrogens (tertiary/aromatic N) is 1. The smallest absolute Gasteiger partial charge is 0.261 e. The monoisotopic (exact) mass is 422 g/mol. The average Bonchev–Trinajstić information content (AvgIpc) is 3.16. The standard InChI is InChI=1S/C24H26N2O3S/c27-15-13-25-23(28)22-20(19-11-4-5-12-21(19)30-22)16-18-10-6-7-14-26(18)24(29)17-8-2-1-3-9-17/h1-5,8-9,11-12,18,27H,6-7,10,13-16H2,(H,25,28)/t18-/m1/s1. The molecule has 156 valence electrons. The Labute approximate surface area is 180 Å². The molecule has 30 heavy (non-hydrogen) atoms. The van der Waals surface area contributed by atoms with Crippen LogP contribution in [-0.2, 0) is 6.42 Å². The molecule has 1 atom stereocenters. The van der Waals surface area contributed by atoms with E-state index in [0.29, 0.717) is 16.9 Å². The molecule has 6 heteroatoms. The van der Waals surface area contributed by atoms with Crippen molar-refractivity contribution in [2.45, 2.75) is 31.7 Å². The maximum absolute atomic E-state index is 13.2. The SMILES string of the molecule is O=C(NCCO)c1sc2ccccc2c1C[C@H]1CCCCN1C(=O)c1ccccc1. The molecule has 0 radical (unpaired) electrons. The molecule has 5 nitrogen and oxygen atoms in total. The van der Waals surface area contributed by atoms with Gasteiger partial charge in [0.25, 0.3) is 11.8 Å². The molecule has 0 unspecified atom stereocenters. The van der Waals surface area contributed by atoms with Crippen molar-refractivity contribution in [1.82, 2.24) is 10.2 Å². The van der Waals surface area contributed by atoms with Crippen LogP contribution in [0.5, 0.6) is 0 Å². The van der Waals surface area contributed by atoms with E-state index in [0.717, 1.165) is 41.5 Å². The number of fused-ring (bicyclic) bond motifs is 1. The lowest BCUT2D eigenvalue weighted by Gasteiger charge is -2.36. The van der Waals surface area contributed by atoms with Gasteiger partial charge in [0, 0.05) is 29.4 Å². The van der Waals surface area contributed by atoms with Crippen LogP contribution in [0.1, 0.15) is 44.9 Å². The van der Waals surface area contributed by atoms with E-state index in [2.05, 4.69) is 11.4 Å². The zero-order valence-electron chi connectivity index (χ0n) is 16.8. The van der Waals surface area contributed by atoms with Gasteiger partial charge in [0.05, 0.1) is 11.5 Å². The molecule has 1 aliphatic heterocycles. The topological polar surface area (TPSA) is 69.6 Å². The van der Waals surface area contributed by atoms with Crippen molar-refractivity contribution < 1.29 is 14.7 Å². The van der Waals surface area contributed by atoms with E-state index in [1.807, 2.05) is 53.4 Å².